The predicted octanol–water partition coefficient (Wildman–Crippen LogP) is 2.04. The Labute approximate surface area is 155 Å². The monoisotopic (exact) mass is 358 g/mol. The summed E-state index contributed by atoms with van der Waals surface area (Å²) in [5, 5.41) is 14.7. The van der Waals surface area contributed by atoms with E-state index in [2.05, 4.69) is 56.4 Å². The van der Waals surface area contributed by atoms with E-state index >= 15 is 0 Å². The fourth-order valence-corrected chi connectivity index (χ4v) is 2.64. The maximum Gasteiger partial charge on any atom is 0.191 e. The minimum absolute atomic E-state index is 0.786. The van der Waals surface area contributed by atoms with Gasteiger partial charge in [0.05, 0.1) is 7.11 Å². The van der Waals surface area contributed by atoms with E-state index in [0.29, 0.717) is 0 Å². The van der Waals surface area contributed by atoms with Crippen molar-refractivity contribution >= 4 is 5.96 Å². The third-order valence-electron chi connectivity index (χ3n) is 4.05. The first-order chi connectivity index (χ1) is 12.8. The molecule has 142 valence electrons. The van der Waals surface area contributed by atoms with Gasteiger partial charge in [0.25, 0.3) is 0 Å². The van der Waals surface area contributed by atoms with Gasteiger partial charge in [-0.2, -0.15) is 0 Å². The maximum absolute atomic E-state index is 5.18. The van der Waals surface area contributed by atoms with Crippen molar-refractivity contribution < 1.29 is 4.74 Å². The molecular weight excluding hydrogens is 328 g/mol. The molecule has 0 saturated carbocycles. The molecule has 0 fully saturated rings. The van der Waals surface area contributed by atoms with Crippen molar-refractivity contribution in [2.75, 3.05) is 26.7 Å². The van der Waals surface area contributed by atoms with Crippen molar-refractivity contribution in [2.45, 2.75) is 39.7 Å². The number of guanidine groups is 1. The van der Waals surface area contributed by atoms with E-state index in [1.807, 2.05) is 12.1 Å². The van der Waals surface area contributed by atoms with Gasteiger partial charge in [0, 0.05) is 32.6 Å². The van der Waals surface area contributed by atoms with E-state index in [-0.39, 0.29) is 0 Å². The van der Waals surface area contributed by atoms with Crippen molar-refractivity contribution in [1.29, 1.82) is 0 Å². The second-order valence-electron chi connectivity index (χ2n) is 5.93. The molecule has 0 aliphatic carbocycles. The molecule has 7 heteroatoms. The molecule has 0 radical (unpaired) electrons. The van der Waals surface area contributed by atoms with Gasteiger partial charge in [-0.1, -0.05) is 19.1 Å². The Bertz CT molecular complexity index is 665. The lowest BCUT2D eigenvalue weighted by molar-refractivity contribution is 0.414. The molecule has 1 aromatic carbocycles. The molecule has 7 nitrogen and oxygen atoms in total. The number of rotatable bonds is 10. The van der Waals surface area contributed by atoms with Crippen LogP contribution in [-0.2, 0) is 19.4 Å². The van der Waals surface area contributed by atoms with Gasteiger partial charge >= 0.3 is 0 Å². The molecule has 0 saturated heterocycles. The number of hydrogen-bond acceptors (Lipinski definition) is 4. The Morgan fingerprint density at radius 3 is 2.69 bits per heavy atom. The molecular formula is C19H30N6O. The van der Waals surface area contributed by atoms with Crippen LogP contribution in [0.5, 0.6) is 5.75 Å². The second-order valence-corrected chi connectivity index (χ2v) is 5.93. The van der Waals surface area contributed by atoms with E-state index in [9.17, 15) is 0 Å². The number of benzene rings is 1. The van der Waals surface area contributed by atoms with Gasteiger partial charge in [-0.25, -0.2) is 0 Å². The lowest BCUT2D eigenvalue weighted by Crippen LogP contribution is -2.39. The number of hydrogen-bond donors (Lipinski definition) is 2. The van der Waals surface area contributed by atoms with Crippen LogP contribution in [0.4, 0.5) is 0 Å². The van der Waals surface area contributed by atoms with Crippen LogP contribution >= 0.6 is 0 Å². The number of nitrogens with one attached hydrogen (secondary N) is 2. The molecule has 0 aliphatic heterocycles. The average molecular weight is 358 g/mol. The summed E-state index contributed by atoms with van der Waals surface area (Å²) in [6.07, 6.45) is 4.68. The van der Waals surface area contributed by atoms with E-state index < -0.39 is 0 Å². The summed E-state index contributed by atoms with van der Waals surface area (Å²) in [7, 11) is 1.69. The predicted molar refractivity (Wildman–Crippen MR) is 105 cm³/mol. The van der Waals surface area contributed by atoms with E-state index in [0.717, 1.165) is 63.0 Å². The molecule has 2 aromatic rings. The van der Waals surface area contributed by atoms with Gasteiger partial charge in [0.15, 0.2) is 5.96 Å². The minimum atomic E-state index is 0.786. The third-order valence-corrected chi connectivity index (χ3v) is 4.05. The lowest BCUT2D eigenvalue weighted by atomic mass is 10.1. The number of methoxy groups -OCH3 is 1. The highest BCUT2D eigenvalue weighted by molar-refractivity contribution is 5.79. The first-order valence-electron chi connectivity index (χ1n) is 9.28. The molecule has 1 heterocycles. The van der Waals surface area contributed by atoms with E-state index in [4.69, 9.17) is 4.74 Å². The quantitative estimate of drug-likeness (QED) is 0.386. The van der Waals surface area contributed by atoms with Crippen molar-refractivity contribution in [3.63, 3.8) is 0 Å². The SMILES string of the molecule is CCNC(=NCCCc1ccc(OC)cc1)NCCn1cnnc1CC. The van der Waals surface area contributed by atoms with Gasteiger partial charge in [-0.3, -0.25) is 4.99 Å². The molecule has 0 atom stereocenters. The number of ether oxygens (including phenoxy) is 1. The van der Waals surface area contributed by atoms with Gasteiger partial charge < -0.3 is 19.9 Å². The Morgan fingerprint density at radius 1 is 1.19 bits per heavy atom. The molecule has 26 heavy (non-hydrogen) atoms. The normalized spacial score (nSPS) is 11.4. The zero-order valence-electron chi connectivity index (χ0n) is 16.0. The zero-order valence-corrected chi connectivity index (χ0v) is 16.0. The first-order valence-corrected chi connectivity index (χ1v) is 9.28. The fraction of sp³-hybridized carbons (Fsp3) is 0.526. The van der Waals surface area contributed by atoms with Gasteiger partial charge in [0.1, 0.15) is 17.9 Å². The van der Waals surface area contributed by atoms with Crippen LogP contribution in [0.25, 0.3) is 0 Å². The molecule has 1 aromatic heterocycles. The second kappa shape index (κ2) is 11.1. The highest BCUT2D eigenvalue weighted by atomic mass is 16.5. The smallest absolute Gasteiger partial charge is 0.191 e. The summed E-state index contributed by atoms with van der Waals surface area (Å²) in [5.74, 6) is 2.76. The fourth-order valence-electron chi connectivity index (χ4n) is 2.64. The number of aromatic nitrogens is 3. The Balaban J connectivity index is 1.74. The molecule has 0 unspecified atom stereocenters. The number of aryl methyl sites for hydroxylation is 2. The zero-order chi connectivity index (χ0) is 18.6. The van der Waals surface area contributed by atoms with Crippen LogP contribution in [-0.4, -0.2) is 47.5 Å². The van der Waals surface area contributed by atoms with E-state index in [1.54, 1.807) is 13.4 Å². The molecule has 0 bridgehead atoms. The third kappa shape index (κ3) is 6.38. The van der Waals surface area contributed by atoms with Crippen molar-refractivity contribution in [3.05, 3.63) is 42.0 Å². The number of aliphatic imine (C=N–C) groups is 1. The van der Waals surface area contributed by atoms with Gasteiger partial charge in [0.2, 0.25) is 0 Å². The minimum Gasteiger partial charge on any atom is -0.497 e. The van der Waals surface area contributed by atoms with Crippen molar-refractivity contribution in [2.24, 2.45) is 4.99 Å². The largest absolute Gasteiger partial charge is 0.497 e. The Morgan fingerprint density at radius 2 is 2.00 bits per heavy atom. The van der Waals surface area contributed by atoms with Gasteiger partial charge in [-0.05, 0) is 37.5 Å². The molecule has 0 aliphatic rings. The van der Waals surface area contributed by atoms with E-state index in [1.165, 1.54) is 5.56 Å². The summed E-state index contributed by atoms with van der Waals surface area (Å²) in [6.45, 7) is 7.40. The number of nitrogens with zero attached hydrogens (tertiary/aromatic N) is 4. The van der Waals surface area contributed by atoms with Crippen LogP contribution in [0.2, 0.25) is 0 Å². The highest BCUT2D eigenvalue weighted by Crippen LogP contribution is 2.12. The first kappa shape index (κ1) is 19.8. The van der Waals surface area contributed by atoms with Crippen LogP contribution in [0.1, 0.15) is 31.7 Å². The molecule has 2 rings (SSSR count). The highest BCUT2D eigenvalue weighted by Gasteiger charge is 2.02. The maximum atomic E-state index is 5.18. The molecule has 0 spiro atoms. The van der Waals surface area contributed by atoms with Crippen molar-refractivity contribution in [1.82, 2.24) is 25.4 Å². The summed E-state index contributed by atoms with van der Waals surface area (Å²) < 4.78 is 7.25. The van der Waals surface area contributed by atoms with Crippen molar-refractivity contribution in [3.8, 4) is 5.75 Å². The Hall–Kier alpha value is -2.57. The lowest BCUT2D eigenvalue weighted by Gasteiger charge is -2.12. The van der Waals surface area contributed by atoms with Crippen LogP contribution in [0, 0.1) is 0 Å². The summed E-state index contributed by atoms with van der Waals surface area (Å²) in [6, 6.07) is 8.21. The summed E-state index contributed by atoms with van der Waals surface area (Å²) >= 11 is 0. The van der Waals surface area contributed by atoms with Gasteiger partial charge in [-0.15, -0.1) is 10.2 Å². The summed E-state index contributed by atoms with van der Waals surface area (Å²) in [4.78, 5) is 4.65. The van der Waals surface area contributed by atoms with Crippen LogP contribution in [0.3, 0.4) is 0 Å². The van der Waals surface area contributed by atoms with Crippen LogP contribution in [0.15, 0.2) is 35.6 Å². The molecule has 0 amide bonds. The summed E-state index contributed by atoms with van der Waals surface area (Å²) in [5.41, 5.74) is 1.30. The molecule has 2 N–H and O–H groups in total. The standard InChI is InChI=1S/C19H30N6O/c1-4-18-24-23-15-25(18)14-13-22-19(20-5-2)21-12-6-7-16-8-10-17(26-3)11-9-16/h8-11,15H,4-7,12-14H2,1-3H3,(H2,20,21,22). The average Bonchev–Trinajstić information content (AvgIpc) is 3.13. The topological polar surface area (TPSA) is 76.4 Å². The van der Waals surface area contributed by atoms with Crippen LogP contribution < -0.4 is 15.4 Å². The Kier molecular flexibility index (Phi) is 8.45.